The van der Waals surface area contributed by atoms with Crippen molar-refractivity contribution >= 4 is 33.7 Å². The molecule has 32 heavy (non-hydrogen) atoms. The number of carbonyl (C=O) groups is 2. The summed E-state index contributed by atoms with van der Waals surface area (Å²) in [6.45, 7) is 1.49. The molecule has 0 unspecified atom stereocenters. The fourth-order valence-corrected chi connectivity index (χ4v) is 4.06. The van der Waals surface area contributed by atoms with E-state index in [1.807, 2.05) is 0 Å². The minimum atomic E-state index is -4.49. The van der Waals surface area contributed by atoms with Crippen LogP contribution in [0.4, 0.5) is 4.39 Å². The van der Waals surface area contributed by atoms with Crippen LogP contribution in [-0.4, -0.2) is 29.8 Å². The summed E-state index contributed by atoms with van der Waals surface area (Å²) in [6, 6.07) is 13.0. The number of hydrogen-bond donors (Lipinski definition) is 2. The zero-order valence-electron chi connectivity index (χ0n) is 16.3. The summed E-state index contributed by atoms with van der Waals surface area (Å²) < 4.78 is 50.2. The van der Waals surface area contributed by atoms with Gasteiger partial charge in [0.05, 0.1) is 21.8 Å². The van der Waals surface area contributed by atoms with Crippen LogP contribution in [0.3, 0.4) is 0 Å². The van der Waals surface area contributed by atoms with Gasteiger partial charge in [-0.1, -0.05) is 41.4 Å². The number of carbonyl (C=O) groups excluding carboxylic acids is 2. The first-order valence-corrected chi connectivity index (χ1v) is 11.0. The van der Waals surface area contributed by atoms with Gasteiger partial charge >= 0.3 is 0 Å². The van der Waals surface area contributed by atoms with Gasteiger partial charge in [-0.25, -0.2) is 9.65 Å². The Morgan fingerprint density at radius 1 is 0.875 bits per heavy atom. The molecule has 0 fully saturated rings. The van der Waals surface area contributed by atoms with Crippen molar-refractivity contribution in [2.45, 2.75) is 16.7 Å². The van der Waals surface area contributed by atoms with E-state index < -0.39 is 27.5 Å². The van der Waals surface area contributed by atoms with Crippen LogP contribution < -0.4 is 0 Å². The van der Waals surface area contributed by atoms with Crippen molar-refractivity contribution in [1.82, 2.24) is 0 Å². The number of ketones is 2. The molecule has 0 aromatic heterocycles. The number of benzene rings is 3. The minimum absolute atomic E-state index is 0.0496. The highest BCUT2D eigenvalue weighted by atomic mass is 32.2. The summed E-state index contributed by atoms with van der Waals surface area (Å²) >= 11 is 0.377. The van der Waals surface area contributed by atoms with Crippen molar-refractivity contribution in [1.29, 1.82) is 0 Å². The van der Waals surface area contributed by atoms with Crippen LogP contribution in [0.2, 0.25) is 0 Å². The fraction of sp³-hybridized carbons (Fsp3) is 0.0476. The van der Waals surface area contributed by atoms with Gasteiger partial charge in [0.1, 0.15) is 5.82 Å². The molecule has 0 saturated carbocycles. The number of halogens is 1. The standard InChI is InChI=1S/C21H15FO8S2/c1-12-2-3-16(11-19(12)32(26,27)28)21(24)14-6-4-13(5-7-14)20(23)15-8-9-17(22)18(10-15)31-30-29-25/h2-11,25H,1H3,(H,26,27,28). The van der Waals surface area contributed by atoms with Gasteiger partial charge in [0.15, 0.2) is 11.6 Å². The largest absolute Gasteiger partial charge is 0.294 e. The monoisotopic (exact) mass is 478 g/mol. The molecule has 0 bridgehead atoms. The van der Waals surface area contributed by atoms with Gasteiger partial charge in [-0.15, -0.1) is 4.33 Å². The molecule has 0 radical (unpaired) electrons. The molecular weight excluding hydrogens is 463 g/mol. The Labute approximate surface area is 186 Å². The van der Waals surface area contributed by atoms with Gasteiger partial charge in [-0.05, 0) is 36.8 Å². The SMILES string of the molecule is Cc1ccc(C(=O)c2ccc(C(=O)c3ccc(F)c(SOOO)c3)cc2)cc1S(=O)(=O)O. The molecule has 0 aliphatic rings. The van der Waals surface area contributed by atoms with Gasteiger partial charge in [0, 0.05) is 22.3 Å². The van der Waals surface area contributed by atoms with Crippen molar-refractivity contribution in [3.05, 3.63) is 94.3 Å². The first kappa shape index (κ1) is 23.7. The van der Waals surface area contributed by atoms with Gasteiger partial charge in [-0.3, -0.25) is 14.1 Å². The molecule has 3 aromatic carbocycles. The van der Waals surface area contributed by atoms with Crippen LogP contribution in [0.25, 0.3) is 0 Å². The molecule has 0 aliphatic carbocycles. The quantitative estimate of drug-likeness (QED) is 0.160. The maximum atomic E-state index is 13.7. The molecule has 0 saturated heterocycles. The van der Waals surface area contributed by atoms with E-state index in [4.69, 9.17) is 5.26 Å². The zero-order valence-corrected chi connectivity index (χ0v) is 17.9. The average molecular weight is 478 g/mol. The lowest BCUT2D eigenvalue weighted by Crippen LogP contribution is -2.07. The Balaban J connectivity index is 1.85. The first-order chi connectivity index (χ1) is 15.1. The Morgan fingerprint density at radius 3 is 1.91 bits per heavy atom. The predicted molar refractivity (Wildman–Crippen MR) is 111 cm³/mol. The Morgan fingerprint density at radius 2 is 1.38 bits per heavy atom. The molecule has 0 atom stereocenters. The lowest BCUT2D eigenvalue weighted by atomic mass is 9.98. The maximum absolute atomic E-state index is 13.7. The van der Waals surface area contributed by atoms with E-state index in [0.29, 0.717) is 12.0 Å². The molecule has 2 N–H and O–H groups in total. The van der Waals surface area contributed by atoms with E-state index in [1.54, 1.807) is 0 Å². The fourth-order valence-electron chi connectivity index (χ4n) is 2.89. The van der Waals surface area contributed by atoms with E-state index in [2.05, 4.69) is 9.37 Å². The first-order valence-electron chi connectivity index (χ1n) is 8.83. The van der Waals surface area contributed by atoms with Crippen molar-refractivity contribution in [2.75, 3.05) is 0 Å². The highest BCUT2D eigenvalue weighted by Gasteiger charge is 2.18. The van der Waals surface area contributed by atoms with Gasteiger partial charge < -0.3 is 0 Å². The molecule has 166 valence electrons. The summed E-state index contributed by atoms with van der Waals surface area (Å²) in [5.41, 5.74) is 0.874. The van der Waals surface area contributed by atoms with E-state index in [0.717, 1.165) is 12.1 Å². The summed E-state index contributed by atoms with van der Waals surface area (Å²) in [4.78, 5) is 25.0. The van der Waals surface area contributed by atoms with E-state index in [-0.39, 0.29) is 37.6 Å². The molecule has 3 rings (SSSR count). The second kappa shape index (κ2) is 9.69. The number of rotatable bonds is 8. The van der Waals surface area contributed by atoms with Crippen molar-refractivity contribution in [2.24, 2.45) is 0 Å². The van der Waals surface area contributed by atoms with Crippen LogP contribution in [-0.2, 0) is 19.5 Å². The third-order valence-corrected chi connectivity index (χ3v) is 6.10. The molecule has 11 heteroatoms. The van der Waals surface area contributed by atoms with Crippen molar-refractivity contribution < 1.29 is 41.6 Å². The normalized spacial score (nSPS) is 11.4. The summed E-state index contributed by atoms with van der Waals surface area (Å²) in [5.74, 6) is -1.65. The highest BCUT2D eigenvalue weighted by Crippen LogP contribution is 2.25. The van der Waals surface area contributed by atoms with Gasteiger partial charge in [-0.2, -0.15) is 8.42 Å². The van der Waals surface area contributed by atoms with E-state index >= 15 is 0 Å². The van der Waals surface area contributed by atoms with E-state index in [1.165, 1.54) is 55.5 Å². The molecule has 0 amide bonds. The van der Waals surface area contributed by atoms with Gasteiger partial charge in [0.25, 0.3) is 10.1 Å². The number of aryl methyl sites for hydroxylation is 1. The third kappa shape index (κ3) is 5.27. The minimum Gasteiger partial charge on any atom is -0.289 e. The van der Waals surface area contributed by atoms with Crippen LogP contribution in [0.5, 0.6) is 0 Å². The molecule has 0 heterocycles. The van der Waals surface area contributed by atoms with Crippen LogP contribution in [0, 0.1) is 12.7 Å². The average Bonchev–Trinajstić information content (AvgIpc) is 2.77. The molecule has 0 aliphatic heterocycles. The van der Waals surface area contributed by atoms with Crippen LogP contribution >= 0.6 is 12.0 Å². The predicted octanol–water partition coefficient (Wildman–Crippen LogP) is 4.27. The molecule has 8 nitrogen and oxygen atoms in total. The second-order valence-corrected chi connectivity index (χ2v) is 8.69. The summed E-state index contributed by atoms with van der Waals surface area (Å²) in [5, 5.41) is 11.6. The lowest BCUT2D eigenvalue weighted by Gasteiger charge is -2.08. The summed E-state index contributed by atoms with van der Waals surface area (Å²) in [7, 11) is -4.49. The van der Waals surface area contributed by atoms with Gasteiger partial charge in [0.2, 0.25) is 0 Å². The molecule has 0 spiro atoms. The van der Waals surface area contributed by atoms with Crippen molar-refractivity contribution in [3.63, 3.8) is 0 Å². The molecule has 3 aromatic rings. The second-order valence-electron chi connectivity index (χ2n) is 6.56. The zero-order chi connectivity index (χ0) is 23.5. The number of hydrogen-bond acceptors (Lipinski definition) is 8. The van der Waals surface area contributed by atoms with Crippen LogP contribution in [0.1, 0.15) is 37.4 Å². The van der Waals surface area contributed by atoms with E-state index in [9.17, 15) is 27.0 Å². The Bertz CT molecular complexity index is 1290. The Kier molecular flexibility index (Phi) is 7.19. The maximum Gasteiger partial charge on any atom is 0.294 e. The summed E-state index contributed by atoms with van der Waals surface area (Å²) in [6.07, 6.45) is 0. The molecular formula is C21H15FO8S2. The smallest absolute Gasteiger partial charge is 0.289 e. The van der Waals surface area contributed by atoms with Crippen LogP contribution in [0.15, 0.2) is 70.5 Å². The highest BCUT2D eigenvalue weighted by molar-refractivity contribution is 7.94. The lowest BCUT2D eigenvalue weighted by molar-refractivity contribution is -0.432. The van der Waals surface area contributed by atoms with Crippen molar-refractivity contribution in [3.8, 4) is 0 Å². The Hall–Kier alpha value is -2.93. The topological polar surface area (TPSA) is 127 Å². The third-order valence-electron chi connectivity index (χ3n) is 4.49.